The van der Waals surface area contributed by atoms with Crippen molar-refractivity contribution in [3.8, 4) is 10.6 Å². The second-order valence-electron chi connectivity index (χ2n) is 9.19. The Morgan fingerprint density at radius 1 is 1.15 bits per heavy atom. The van der Waals surface area contributed by atoms with Crippen LogP contribution in [0.2, 0.25) is 0 Å². The van der Waals surface area contributed by atoms with Gasteiger partial charge in [0.05, 0.1) is 28.8 Å². The molecule has 1 aromatic carbocycles. The van der Waals surface area contributed by atoms with Gasteiger partial charge < -0.3 is 15.2 Å². The van der Waals surface area contributed by atoms with Gasteiger partial charge in [-0.2, -0.15) is 13.2 Å². The number of methoxy groups -OCH3 is 1. The van der Waals surface area contributed by atoms with E-state index in [1.54, 1.807) is 18.3 Å². The average molecular weight is 559 g/mol. The SMILES string of the molecule is COC(=O)c1cc2c(cc1F)[C@@](O)(c1ncc(-c3cc(C)cc(Nc4cc(C(F)(F)F)ccn4)n3)s1)CCC2. The van der Waals surface area contributed by atoms with Crippen LogP contribution in [0.15, 0.2) is 48.8 Å². The Labute approximate surface area is 224 Å². The maximum atomic E-state index is 14.8. The molecule has 39 heavy (non-hydrogen) atoms. The van der Waals surface area contributed by atoms with Crippen LogP contribution < -0.4 is 5.32 Å². The van der Waals surface area contributed by atoms with E-state index in [0.29, 0.717) is 46.0 Å². The molecule has 1 aliphatic rings. The van der Waals surface area contributed by atoms with Crippen LogP contribution >= 0.6 is 11.3 Å². The fraction of sp³-hybridized carbons (Fsp3) is 0.259. The number of hydrogen-bond donors (Lipinski definition) is 2. The number of aliphatic hydroxyl groups is 1. The minimum atomic E-state index is -4.51. The number of hydrogen-bond acceptors (Lipinski definition) is 8. The zero-order valence-corrected chi connectivity index (χ0v) is 21.6. The van der Waals surface area contributed by atoms with Crippen LogP contribution in [0.5, 0.6) is 0 Å². The first kappa shape index (κ1) is 26.7. The first-order valence-corrected chi connectivity index (χ1v) is 12.7. The van der Waals surface area contributed by atoms with Crippen molar-refractivity contribution >= 4 is 28.9 Å². The van der Waals surface area contributed by atoms with Crippen LogP contribution in [-0.4, -0.2) is 33.1 Å². The zero-order valence-electron chi connectivity index (χ0n) is 20.8. The van der Waals surface area contributed by atoms with E-state index in [1.807, 2.05) is 6.92 Å². The number of halogens is 4. The molecule has 2 N–H and O–H groups in total. The Kier molecular flexibility index (Phi) is 6.85. The molecular weight excluding hydrogens is 536 g/mol. The molecule has 202 valence electrons. The summed E-state index contributed by atoms with van der Waals surface area (Å²) < 4.78 is 58.7. The Balaban J connectivity index is 1.47. The van der Waals surface area contributed by atoms with Crippen LogP contribution in [0, 0.1) is 12.7 Å². The monoisotopic (exact) mass is 558 g/mol. The van der Waals surface area contributed by atoms with E-state index in [9.17, 15) is 27.5 Å². The van der Waals surface area contributed by atoms with Crippen LogP contribution in [0.3, 0.4) is 0 Å². The number of esters is 1. The molecule has 0 saturated carbocycles. The number of fused-ring (bicyclic) bond motifs is 1. The van der Waals surface area contributed by atoms with Crippen molar-refractivity contribution in [3.63, 3.8) is 0 Å². The number of benzene rings is 1. The lowest BCUT2D eigenvalue weighted by molar-refractivity contribution is -0.137. The topological polar surface area (TPSA) is 97.2 Å². The number of aryl methyl sites for hydroxylation is 2. The fourth-order valence-corrected chi connectivity index (χ4v) is 5.62. The number of nitrogens with one attached hydrogen (secondary N) is 1. The molecule has 4 aromatic rings. The normalized spacial score (nSPS) is 17.0. The zero-order chi connectivity index (χ0) is 27.9. The van der Waals surface area contributed by atoms with Crippen molar-refractivity contribution in [2.75, 3.05) is 12.4 Å². The maximum absolute atomic E-state index is 14.8. The second kappa shape index (κ2) is 10.0. The van der Waals surface area contributed by atoms with Crippen molar-refractivity contribution in [2.24, 2.45) is 0 Å². The molecule has 7 nitrogen and oxygen atoms in total. The van der Waals surface area contributed by atoms with Gasteiger partial charge in [0.2, 0.25) is 0 Å². The summed E-state index contributed by atoms with van der Waals surface area (Å²) in [7, 11) is 1.17. The van der Waals surface area contributed by atoms with Gasteiger partial charge in [-0.15, -0.1) is 11.3 Å². The molecule has 1 atom stereocenters. The highest BCUT2D eigenvalue weighted by molar-refractivity contribution is 7.15. The molecule has 12 heteroatoms. The van der Waals surface area contributed by atoms with Crippen molar-refractivity contribution in [3.05, 3.63) is 87.4 Å². The molecule has 0 unspecified atom stereocenters. The number of carbonyl (C=O) groups is 1. The van der Waals surface area contributed by atoms with E-state index in [-0.39, 0.29) is 17.2 Å². The molecule has 1 aliphatic carbocycles. The number of ether oxygens (including phenoxy) is 1. The highest BCUT2D eigenvalue weighted by Gasteiger charge is 2.40. The number of carbonyl (C=O) groups excluding carboxylic acids is 1. The van der Waals surface area contributed by atoms with Gasteiger partial charge in [0.15, 0.2) is 0 Å². The predicted molar refractivity (Wildman–Crippen MR) is 136 cm³/mol. The second-order valence-corrected chi connectivity index (χ2v) is 10.2. The summed E-state index contributed by atoms with van der Waals surface area (Å²) >= 11 is 1.18. The third-order valence-electron chi connectivity index (χ3n) is 6.45. The van der Waals surface area contributed by atoms with Crippen LogP contribution in [0.25, 0.3) is 10.6 Å². The molecule has 0 aliphatic heterocycles. The Hall–Kier alpha value is -3.90. The highest BCUT2D eigenvalue weighted by Crippen LogP contribution is 2.44. The molecule has 0 bridgehead atoms. The lowest BCUT2D eigenvalue weighted by Gasteiger charge is -2.33. The number of anilines is 2. The van der Waals surface area contributed by atoms with Gasteiger partial charge in [-0.1, -0.05) is 0 Å². The van der Waals surface area contributed by atoms with E-state index in [4.69, 9.17) is 0 Å². The predicted octanol–water partition coefficient (Wildman–Crippen LogP) is 6.17. The molecular formula is C27H22F4N4O3S. The van der Waals surface area contributed by atoms with Gasteiger partial charge in [0.1, 0.15) is 28.1 Å². The number of aromatic nitrogens is 3. The quantitative estimate of drug-likeness (QED) is 0.223. The van der Waals surface area contributed by atoms with Crippen molar-refractivity contribution in [2.45, 2.75) is 38.0 Å². The number of pyridine rings is 2. The summed E-state index contributed by atoms with van der Waals surface area (Å²) in [6.07, 6.45) is -0.454. The molecule has 3 heterocycles. The van der Waals surface area contributed by atoms with E-state index in [2.05, 4.69) is 25.0 Å². The number of nitrogens with zero attached hydrogens (tertiary/aromatic N) is 3. The molecule has 3 aromatic heterocycles. The lowest BCUT2D eigenvalue weighted by atomic mass is 9.78. The van der Waals surface area contributed by atoms with Gasteiger partial charge in [-0.25, -0.2) is 24.1 Å². The van der Waals surface area contributed by atoms with Crippen LogP contribution in [0.1, 0.15) is 50.5 Å². The summed E-state index contributed by atoms with van der Waals surface area (Å²) in [4.78, 5) is 25.4. The smallest absolute Gasteiger partial charge is 0.416 e. The number of alkyl halides is 3. The van der Waals surface area contributed by atoms with E-state index in [0.717, 1.165) is 30.0 Å². The summed E-state index contributed by atoms with van der Waals surface area (Å²) in [5.41, 5.74) is -0.357. The number of thiazole rings is 1. The molecule has 0 radical (unpaired) electrons. The summed E-state index contributed by atoms with van der Waals surface area (Å²) in [5, 5.41) is 14.8. The average Bonchev–Trinajstić information content (AvgIpc) is 3.39. The van der Waals surface area contributed by atoms with Crippen LogP contribution in [0.4, 0.5) is 29.2 Å². The van der Waals surface area contributed by atoms with Gasteiger partial charge in [-0.05, 0) is 79.3 Å². The Morgan fingerprint density at radius 3 is 2.69 bits per heavy atom. The molecule has 5 rings (SSSR count). The fourth-order valence-electron chi connectivity index (χ4n) is 4.62. The van der Waals surface area contributed by atoms with Gasteiger partial charge in [0.25, 0.3) is 0 Å². The first-order valence-electron chi connectivity index (χ1n) is 11.9. The summed E-state index contributed by atoms with van der Waals surface area (Å²) in [5.74, 6) is -1.32. The summed E-state index contributed by atoms with van der Waals surface area (Å²) in [6.45, 7) is 1.81. The highest BCUT2D eigenvalue weighted by atomic mass is 32.1. The van der Waals surface area contributed by atoms with E-state index in [1.165, 1.54) is 24.5 Å². The Bertz CT molecular complexity index is 1570. The van der Waals surface area contributed by atoms with Gasteiger partial charge in [0, 0.05) is 12.4 Å². The first-order chi connectivity index (χ1) is 18.5. The maximum Gasteiger partial charge on any atom is 0.416 e. The van der Waals surface area contributed by atoms with E-state index >= 15 is 0 Å². The number of rotatable bonds is 5. The summed E-state index contributed by atoms with van der Waals surface area (Å²) in [6, 6.07) is 7.81. The molecule has 0 spiro atoms. The third kappa shape index (κ3) is 5.21. The molecule has 0 amide bonds. The lowest BCUT2D eigenvalue weighted by Crippen LogP contribution is -2.32. The largest absolute Gasteiger partial charge is 0.465 e. The third-order valence-corrected chi connectivity index (χ3v) is 7.62. The molecule has 0 saturated heterocycles. The Morgan fingerprint density at radius 2 is 1.95 bits per heavy atom. The van der Waals surface area contributed by atoms with Crippen molar-refractivity contribution in [1.29, 1.82) is 0 Å². The van der Waals surface area contributed by atoms with Gasteiger partial charge in [-0.3, -0.25) is 0 Å². The van der Waals surface area contributed by atoms with Crippen molar-refractivity contribution in [1.82, 2.24) is 15.0 Å². The van der Waals surface area contributed by atoms with Crippen molar-refractivity contribution < 1.29 is 32.2 Å². The minimum Gasteiger partial charge on any atom is -0.465 e. The van der Waals surface area contributed by atoms with E-state index < -0.39 is 29.1 Å². The standard InChI is InChI=1S/C27H22F4N4O3S/c1-14-8-20(34-23(9-14)35-22-11-16(5-7-32-22)27(29,30)31)21-13-33-25(39-21)26(37)6-3-4-15-10-17(24(36)38-2)19(28)12-18(15)26/h5,7-13,37H,3-4,6H2,1-2H3,(H,32,34,35)/t26-/m1/s1. The van der Waals surface area contributed by atoms with Crippen LogP contribution in [-0.2, 0) is 22.9 Å². The minimum absolute atomic E-state index is 0.0136. The molecule has 0 fully saturated rings. The van der Waals surface area contributed by atoms with Gasteiger partial charge >= 0.3 is 12.1 Å².